The van der Waals surface area contributed by atoms with Crippen LogP contribution in [0.4, 0.5) is 0 Å². The lowest BCUT2D eigenvalue weighted by Crippen LogP contribution is -1.93. The molecule has 0 saturated carbocycles. The minimum Gasteiger partial charge on any atom is -0.497 e. The highest BCUT2D eigenvalue weighted by molar-refractivity contribution is 7.99. The van der Waals surface area contributed by atoms with E-state index in [4.69, 9.17) is 14.7 Å². The van der Waals surface area contributed by atoms with E-state index >= 15 is 0 Å². The first-order chi connectivity index (χ1) is 17.1. The van der Waals surface area contributed by atoms with Crippen molar-refractivity contribution in [2.45, 2.75) is 35.5 Å². The number of hydrogen-bond acceptors (Lipinski definition) is 5. The van der Waals surface area contributed by atoms with Gasteiger partial charge in [-0.15, -0.1) is 11.8 Å². The van der Waals surface area contributed by atoms with Crippen molar-refractivity contribution >= 4 is 34.6 Å². The number of aromatic nitrogens is 3. The molecule has 2 aromatic heterocycles. The summed E-state index contributed by atoms with van der Waals surface area (Å²) in [6.45, 7) is 4.25. The first kappa shape index (κ1) is 23.5. The van der Waals surface area contributed by atoms with Crippen molar-refractivity contribution in [3.05, 3.63) is 101 Å². The van der Waals surface area contributed by atoms with Crippen LogP contribution in [0.15, 0.2) is 89.0 Å². The van der Waals surface area contributed by atoms with Gasteiger partial charge in [-0.3, -0.25) is 0 Å². The Morgan fingerprint density at radius 1 is 0.771 bits per heavy atom. The van der Waals surface area contributed by atoms with Crippen molar-refractivity contribution in [3.8, 4) is 17.0 Å². The van der Waals surface area contributed by atoms with E-state index in [2.05, 4.69) is 85.6 Å². The molecule has 0 radical (unpaired) electrons. The number of nitrogens with one attached hydrogen (secondary N) is 1. The average molecular weight is 498 g/mol. The molecule has 0 spiro atoms. The van der Waals surface area contributed by atoms with Gasteiger partial charge >= 0.3 is 0 Å². The van der Waals surface area contributed by atoms with E-state index in [1.165, 1.54) is 22.3 Å². The number of benzene rings is 3. The molecular formula is C29H27N3OS2. The van der Waals surface area contributed by atoms with Crippen LogP contribution < -0.4 is 4.74 Å². The number of aryl methyl sites for hydroxylation is 2. The Morgan fingerprint density at radius 2 is 1.43 bits per heavy atom. The van der Waals surface area contributed by atoms with Crippen LogP contribution in [0, 0.1) is 13.8 Å². The smallest absolute Gasteiger partial charge is 0.190 e. The lowest BCUT2D eigenvalue weighted by molar-refractivity contribution is 0.415. The molecule has 2 heterocycles. The van der Waals surface area contributed by atoms with Crippen molar-refractivity contribution < 1.29 is 4.74 Å². The molecular weight excluding hydrogens is 470 g/mol. The minimum absolute atomic E-state index is 0.786. The summed E-state index contributed by atoms with van der Waals surface area (Å²) in [5.74, 6) is 2.54. The molecule has 5 rings (SSSR count). The highest BCUT2D eigenvalue weighted by Gasteiger charge is 2.14. The van der Waals surface area contributed by atoms with E-state index in [1.54, 1.807) is 30.6 Å². The van der Waals surface area contributed by atoms with Crippen LogP contribution >= 0.6 is 23.5 Å². The van der Waals surface area contributed by atoms with Gasteiger partial charge in [-0.25, -0.2) is 9.97 Å². The van der Waals surface area contributed by atoms with E-state index in [1.807, 2.05) is 12.1 Å². The molecule has 3 aromatic carbocycles. The monoisotopic (exact) mass is 497 g/mol. The average Bonchev–Trinajstić information content (AvgIpc) is 3.31. The first-order valence-electron chi connectivity index (χ1n) is 11.5. The zero-order chi connectivity index (χ0) is 24.2. The molecule has 176 valence electrons. The number of thioether (sulfide) groups is 2. The first-order valence-corrected chi connectivity index (χ1v) is 13.5. The molecule has 0 fully saturated rings. The zero-order valence-electron chi connectivity index (χ0n) is 20.0. The maximum absolute atomic E-state index is 5.31. The van der Waals surface area contributed by atoms with Crippen molar-refractivity contribution in [1.82, 2.24) is 15.0 Å². The van der Waals surface area contributed by atoms with E-state index in [0.29, 0.717) is 0 Å². The predicted octanol–water partition coefficient (Wildman–Crippen LogP) is 7.83. The Balaban J connectivity index is 1.47. The maximum Gasteiger partial charge on any atom is 0.190 e. The quantitative estimate of drug-likeness (QED) is 0.134. The van der Waals surface area contributed by atoms with Crippen LogP contribution in [0.5, 0.6) is 5.75 Å². The van der Waals surface area contributed by atoms with Gasteiger partial charge in [0.1, 0.15) is 16.4 Å². The maximum atomic E-state index is 5.31. The fraction of sp³-hybridized carbons (Fsp3) is 0.172. The highest BCUT2D eigenvalue weighted by Crippen LogP contribution is 2.34. The summed E-state index contributed by atoms with van der Waals surface area (Å²) in [6, 6.07) is 27.5. The van der Waals surface area contributed by atoms with Crippen LogP contribution in [0.3, 0.4) is 0 Å². The Hall–Kier alpha value is -3.22. The Labute approximate surface area is 214 Å². The second kappa shape index (κ2) is 10.6. The number of ether oxygens (including phenoxy) is 1. The highest BCUT2D eigenvalue weighted by atomic mass is 32.2. The standard InChI is InChI=1S/C29H27N3OS2/c1-19-6-4-8-21(14-19)17-34-28-25-16-26(23-10-12-24(33-3)13-11-23)30-27(25)31-29(32-28)35-18-22-9-5-7-20(2)15-22/h4-16H,17-18H2,1-3H3,(H,30,31,32). The van der Waals surface area contributed by atoms with Crippen LogP contribution in [0.1, 0.15) is 22.3 Å². The molecule has 0 aliphatic rings. The normalized spacial score (nSPS) is 11.2. The molecule has 0 amide bonds. The number of H-pyrrole nitrogens is 1. The fourth-order valence-corrected chi connectivity index (χ4v) is 5.76. The molecule has 1 N–H and O–H groups in total. The van der Waals surface area contributed by atoms with Crippen LogP contribution in [0.25, 0.3) is 22.3 Å². The third-order valence-electron chi connectivity index (χ3n) is 5.74. The number of nitrogens with zero attached hydrogens (tertiary/aromatic N) is 2. The van der Waals surface area contributed by atoms with Gasteiger partial charge in [-0.2, -0.15) is 0 Å². The van der Waals surface area contributed by atoms with Gasteiger partial charge in [0.25, 0.3) is 0 Å². The molecule has 0 aliphatic carbocycles. The van der Waals surface area contributed by atoms with Crippen molar-refractivity contribution in [3.63, 3.8) is 0 Å². The third-order valence-corrected chi connectivity index (χ3v) is 7.72. The van der Waals surface area contributed by atoms with Gasteiger partial charge in [0.05, 0.1) is 12.5 Å². The lowest BCUT2D eigenvalue weighted by atomic mass is 10.1. The van der Waals surface area contributed by atoms with Gasteiger partial charge in [0.15, 0.2) is 5.16 Å². The summed E-state index contributed by atoms with van der Waals surface area (Å²) in [5.41, 5.74) is 8.09. The van der Waals surface area contributed by atoms with Gasteiger partial charge in [0, 0.05) is 17.2 Å². The van der Waals surface area contributed by atoms with E-state index in [-0.39, 0.29) is 0 Å². The molecule has 0 unspecified atom stereocenters. The molecule has 0 aliphatic heterocycles. The number of aromatic amines is 1. The van der Waals surface area contributed by atoms with Crippen LogP contribution in [-0.2, 0) is 11.5 Å². The minimum atomic E-state index is 0.786. The summed E-state index contributed by atoms with van der Waals surface area (Å²) < 4.78 is 5.31. The third kappa shape index (κ3) is 5.72. The predicted molar refractivity (Wildman–Crippen MR) is 147 cm³/mol. The molecule has 4 nitrogen and oxygen atoms in total. The molecule has 35 heavy (non-hydrogen) atoms. The van der Waals surface area contributed by atoms with E-state index in [9.17, 15) is 0 Å². The second-order valence-electron chi connectivity index (χ2n) is 8.54. The Morgan fingerprint density at radius 3 is 2.06 bits per heavy atom. The Bertz CT molecular complexity index is 1460. The molecule has 6 heteroatoms. The van der Waals surface area contributed by atoms with Crippen molar-refractivity contribution in [2.75, 3.05) is 7.11 Å². The van der Waals surface area contributed by atoms with Crippen LogP contribution in [-0.4, -0.2) is 22.1 Å². The summed E-state index contributed by atoms with van der Waals surface area (Å²) in [4.78, 5) is 13.4. The van der Waals surface area contributed by atoms with Gasteiger partial charge in [-0.1, -0.05) is 71.4 Å². The topological polar surface area (TPSA) is 50.8 Å². The number of rotatable bonds is 8. The Kier molecular flexibility index (Phi) is 7.11. The molecule has 5 aromatic rings. The molecule has 0 saturated heterocycles. The summed E-state index contributed by atoms with van der Waals surface area (Å²) in [5, 5.41) is 2.83. The van der Waals surface area contributed by atoms with Gasteiger partial charge < -0.3 is 9.72 Å². The van der Waals surface area contributed by atoms with E-state index in [0.717, 1.165) is 49.7 Å². The summed E-state index contributed by atoms with van der Waals surface area (Å²) >= 11 is 3.43. The number of fused-ring (bicyclic) bond motifs is 1. The molecule has 0 atom stereocenters. The van der Waals surface area contributed by atoms with E-state index < -0.39 is 0 Å². The van der Waals surface area contributed by atoms with Crippen LogP contribution in [0.2, 0.25) is 0 Å². The number of hydrogen-bond donors (Lipinski definition) is 1. The van der Waals surface area contributed by atoms with Crippen molar-refractivity contribution in [1.29, 1.82) is 0 Å². The molecule has 0 bridgehead atoms. The SMILES string of the molecule is COc1ccc(-c2cc3c(SCc4cccc(C)c4)nc(SCc4cccc(C)c4)nc3[nH]2)cc1. The zero-order valence-corrected chi connectivity index (χ0v) is 21.7. The summed E-state index contributed by atoms with van der Waals surface area (Å²) in [7, 11) is 1.68. The summed E-state index contributed by atoms with van der Waals surface area (Å²) in [6.07, 6.45) is 0. The van der Waals surface area contributed by atoms with Gasteiger partial charge in [-0.05, 0) is 60.9 Å². The van der Waals surface area contributed by atoms with Gasteiger partial charge in [0.2, 0.25) is 0 Å². The largest absolute Gasteiger partial charge is 0.497 e. The second-order valence-corrected chi connectivity index (χ2v) is 10.4. The number of methoxy groups -OCH3 is 1. The lowest BCUT2D eigenvalue weighted by Gasteiger charge is -2.07. The van der Waals surface area contributed by atoms with Crippen molar-refractivity contribution in [2.24, 2.45) is 0 Å². The fourth-order valence-electron chi connectivity index (χ4n) is 3.97.